The van der Waals surface area contributed by atoms with Gasteiger partial charge in [0.1, 0.15) is 5.60 Å². The summed E-state index contributed by atoms with van der Waals surface area (Å²) in [5, 5.41) is 2.76. The molecule has 1 N–H and O–H groups in total. The summed E-state index contributed by atoms with van der Waals surface area (Å²) in [6.45, 7) is 2.02. The number of cyclic esters (lactones) is 2. The van der Waals surface area contributed by atoms with Gasteiger partial charge in [-0.3, -0.25) is 4.79 Å². The molecule has 1 saturated heterocycles. The van der Waals surface area contributed by atoms with E-state index in [4.69, 9.17) is 4.74 Å². The van der Waals surface area contributed by atoms with Gasteiger partial charge in [-0.15, -0.1) is 0 Å². The molecule has 96 valence electrons. The van der Waals surface area contributed by atoms with E-state index < -0.39 is 11.8 Å². The summed E-state index contributed by atoms with van der Waals surface area (Å²) in [4.78, 5) is 22.9. The lowest BCUT2D eigenvalue weighted by molar-refractivity contribution is -0.125. The molecule has 0 bridgehead atoms. The molecule has 1 amide bonds. The lowest BCUT2D eigenvalue weighted by Crippen LogP contribution is -2.41. The van der Waals surface area contributed by atoms with Gasteiger partial charge in [-0.25, -0.2) is 4.79 Å². The summed E-state index contributed by atoms with van der Waals surface area (Å²) < 4.78 is 9.74. The summed E-state index contributed by atoms with van der Waals surface area (Å²) in [5.41, 5.74) is -0.0572. The third kappa shape index (κ3) is 3.23. The van der Waals surface area contributed by atoms with Crippen molar-refractivity contribution in [2.24, 2.45) is 0 Å². The van der Waals surface area contributed by atoms with Crippen molar-refractivity contribution >= 4 is 17.7 Å². The number of amides is 1. The lowest BCUT2D eigenvalue weighted by Gasteiger charge is -2.32. The smallest absolute Gasteiger partial charge is 0.434 e. The monoisotopic (exact) mass is 249 g/mol. The zero-order chi connectivity index (χ0) is 13.0. The van der Waals surface area contributed by atoms with Crippen molar-refractivity contribution in [3.8, 4) is 0 Å². The van der Waals surface area contributed by atoms with E-state index in [9.17, 15) is 9.59 Å². The van der Waals surface area contributed by atoms with E-state index >= 15 is 0 Å². The van der Waals surface area contributed by atoms with Crippen LogP contribution in [-0.2, 0) is 14.3 Å². The number of para-hydroxylation sites is 1. The van der Waals surface area contributed by atoms with E-state index in [0.29, 0.717) is 6.42 Å². The second-order valence-corrected chi connectivity index (χ2v) is 4.49. The van der Waals surface area contributed by atoms with Crippen molar-refractivity contribution in [1.82, 2.24) is 0 Å². The van der Waals surface area contributed by atoms with E-state index in [1.807, 2.05) is 18.2 Å². The van der Waals surface area contributed by atoms with Gasteiger partial charge in [0.2, 0.25) is 5.91 Å². The highest BCUT2D eigenvalue weighted by Gasteiger charge is 2.36. The summed E-state index contributed by atoms with van der Waals surface area (Å²) in [7, 11) is 0. The van der Waals surface area contributed by atoms with E-state index in [2.05, 4.69) is 10.1 Å². The Morgan fingerprint density at radius 2 is 2.11 bits per heavy atom. The minimum absolute atomic E-state index is 0.122. The molecule has 2 rings (SSSR count). The van der Waals surface area contributed by atoms with Crippen LogP contribution in [0, 0.1) is 0 Å². The van der Waals surface area contributed by atoms with Gasteiger partial charge in [0.25, 0.3) is 0 Å². The summed E-state index contributed by atoms with van der Waals surface area (Å²) in [6.07, 6.45) is -0.0749. The number of rotatable bonds is 3. The van der Waals surface area contributed by atoms with Crippen LogP contribution in [0.3, 0.4) is 0 Å². The summed E-state index contributed by atoms with van der Waals surface area (Å²) >= 11 is 0. The fraction of sp³-hybridized carbons (Fsp3) is 0.385. The first-order valence-corrected chi connectivity index (χ1v) is 5.78. The molecule has 0 radical (unpaired) electrons. The maximum absolute atomic E-state index is 11.8. The molecule has 18 heavy (non-hydrogen) atoms. The molecule has 1 aliphatic heterocycles. The third-order valence-electron chi connectivity index (χ3n) is 2.77. The molecular formula is C13H15NO4. The molecule has 1 aliphatic rings. The minimum Gasteiger partial charge on any atom is -0.434 e. The molecule has 5 heteroatoms. The van der Waals surface area contributed by atoms with Gasteiger partial charge in [0.05, 0.1) is 13.0 Å². The first-order chi connectivity index (χ1) is 8.57. The predicted molar refractivity (Wildman–Crippen MR) is 65.1 cm³/mol. The van der Waals surface area contributed by atoms with Crippen LogP contribution in [0.2, 0.25) is 0 Å². The molecule has 0 aliphatic carbocycles. The van der Waals surface area contributed by atoms with Crippen LogP contribution < -0.4 is 5.32 Å². The molecule has 1 unspecified atom stereocenters. The normalized spacial score (nSPS) is 22.8. The maximum Gasteiger partial charge on any atom is 0.508 e. The van der Waals surface area contributed by atoms with Crippen molar-refractivity contribution < 1.29 is 19.1 Å². The second-order valence-electron chi connectivity index (χ2n) is 4.49. The highest BCUT2D eigenvalue weighted by atomic mass is 16.7. The molecule has 0 saturated carbocycles. The Hall–Kier alpha value is -2.04. The lowest BCUT2D eigenvalue weighted by atomic mass is 9.97. The van der Waals surface area contributed by atoms with Crippen LogP contribution in [0.15, 0.2) is 30.3 Å². The number of hydrogen-bond acceptors (Lipinski definition) is 4. The van der Waals surface area contributed by atoms with Gasteiger partial charge >= 0.3 is 6.16 Å². The van der Waals surface area contributed by atoms with Crippen LogP contribution >= 0.6 is 0 Å². The molecule has 1 atom stereocenters. The fourth-order valence-corrected chi connectivity index (χ4v) is 1.82. The summed E-state index contributed by atoms with van der Waals surface area (Å²) in [5.74, 6) is -0.182. The molecule has 0 aromatic heterocycles. The van der Waals surface area contributed by atoms with Crippen molar-refractivity contribution in [2.45, 2.75) is 25.4 Å². The SMILES string of the molecule is CC1(CC(=O)Nc2ccccc2)CCOC(=O)O1. The van der Waals surface area contributed by atoms with Gasteiger partial charge in [0, 0.05) is 12.1 Å². The number of carbonyl (C=O) groups is 2. The second kappa shape index (κ2) is 5.08. The Morgan fingerprint density at radius 1 is 1.39 bits per heavy atom. The van der Waals surface area contributed by atoms with Crippen LogP contribution in [0.4, 0.5) is 10.5 Å². The zero-order valence-corrected chi connectivity index (χ0v) is 10.1. The molecule has 1 aromatic carbocycles. The molecule has 5 nitrogen and oxygen atoms in total. The highest BCUT2D eigenvalue weighted by molar-refractivity contribution is 5.91. The predicted octanol–water partition coefficient (Wildman–Crippen LogP) is 2.33. The van der Waals surface area contributed by atoms with E-state index in [1.165, 1.54) is 0 Å². The van der Waals surface area contributed by atoms with Crippen molar-refractivity contribution in [1.29, 1.82) is 0 Å². The zero-order valence-electron chi connectivity index (χ0n) is 10.1. The molecule has 1 fully saturated rings. The molecule has 1 heterocycles. The van der Waals surface area contributed by atoms with E-state index in [-0.39, 0.29) is 18.9 Å². The Kier molecular flexibility index (Phi) is 3.50. The average Bonchev–Trinajstić information content (AvgIpc) is 2.28. The Bertz CT molecular complexity index is 446. The topological polar surface area (TPSA) is 64.6 Å². The standard InChI is InChI=1S/C13H15NO4/c1-13(7-8-17-12(16)18-13)9-11(15)14-10-5-3-2-4-6-10/h2-6H,7-9H2,1H3,(H,14,15). The largest absolute Gasteiger partial charge is 0.508 e. The van der Waals surface area contributed by atoms with Gasteiger partial charge in [0.15, 0.2) is 0 Å². The van der Waals surface area contributed by atoms with E-state index in [1.54, 1.807) is 19.1 Å². The fourth-order valence-electron chi connectivity index (χ4n) is 1.82. The number of ether oxygens (including phenoxy) is 2. The maximum atomic E-state index is 11.8. The first-order valence-electron chi connectivity index (χ1n) is 5.78. The highest BCUT2D eigenvalue weighted by Crippen LogP contribution is 2.25. The minimum atomic E-state index is -0.784. The Balaban J connectivity index is 1.93. The number of benzene rings is 1. The first kappa shape index (κ1) is 12.4. The number of carbonyl (C=O) groups excluding carboxylic acids is 2. The Labute approximate surface area is 105 Å². The number of nitrogens with one attached hydrogen (secondary N) is 1. The van der Waals surface area contributed by atoms with Crippen LogP contribution in [0.5, 0.6) is 0 Å². The van der Waals surface area contributed by atoms with Crippen molar-refractivity contribution in [3.63, 3.8) is 0 Å². The Morgan fingerprint density at radius 3 is 2.78 bits per heavy atom. The molecule has 1 aromatic rings. The quantitative estimate of drug-likeness (QED) is 0.835. The summed E-state index contributed by atoms with van der Waals surface area (Å²) in [6, 6.07) is 9.15. The van der Waals surface area contributed by atoms with Gasteiger partial charge in [-0.2, -0.15) is 0 Å². The van der Waals surface area contributed by atoms with Crippen molar-refractivity contribution in [3.05, 3.63) is 30.3 Å². The van der Waals surface area contributed by atoms with Crippen LogP contribution in [0.1, 0.15) is 19.8 Å². The molecular weight excluding hydrogens is 234 g/mol. The van der Waals surface area contributed by atoms with Crippen molar-refractivity contribution in [2.75, 3.05) is 11.9 Å². The number of anilines is 1. The van der Waals surface area contributed by atoms with E-state index in [0.717, 1.165) is 5.69 Å². The van der Waals surface area contributed by atoms with Gasteiger partial charge < -0.3 is 14.8 Å². The van der Waals surface area contributed by atoms with Gasteiger partial charge in [-0.05, 0) is 19.1 Å². The van der Waals surface area contributed by atoms with Crippen LogP contribution in [0.25, 0.3) is 0 Å². The molecule has 0 spiro atoms. The average molecular weight is 249 g/mol. The van der Waals surface area contributed by atoms with Gasteiger partial charge in [-0.1, -0.05) is 18.2 Å². The van der Waals surface area contributed by atoms with Crippen LogP contribution in [-0.4, -0.2) is 24.3 Å². The third-order valence-corrected chi connectivity index (χ3v) is 2.77. The number of hydrogen-bond donors (Lipinski definition) is 1.